The largest absolute Gasteiger partial charge is 0.449 e. The molecule has 1 saturated carbocycles. The first-order chi connectivity index (χ1) is 24.0. The minimum absolute atomic E-state index is 0.251. The molecule has 0 unspecified atom stereocenters. The minimum Gasteiger partial charge on any atom is -0.449 e. The van der Waals surface area contributed by atoms with Crippen LogP contribution < -0.4 is 16.0 Å². The summed E-state index contributed by atoms with van der Waals surface area (Å²) in [5.74, 6) is 5.26. The highest BCUT2D eigenvalue weighted by Gasteiger charge is 2.22. The Morgan fingerprint density at radius 3 is 1.49 bits per heavy atom. The van der Waals surface area contributed by atoms with Crippen LogP contribution in [0.5, 0.6) is 0 Å². The van der Waals surface area contributed by atoms with Gasteiger partial charge in [-0.2, -0.15) is 0 Å². The summed E-state index contributed by atoms with van der Waals surface area (Å²) in [6.45, 7) is 34.1. The Morgan fingerprint density at radius 1 is 0.569 bits per heavy atom. The van der Waals surface area contributed by atoms with Crippen LogP contribution in [-0.2, 0) is 4.74 Å². The van der Waals surface area contributed by atoms with Gasteiger partial charge in [-0.05, 0) is 99.3 Å². The zero-order chi connectivity index (χ0) is 39.0. The fourth-order valence-corrected chi connectivity index (χ4v) is 7.07. The van der Waals surface area contributed by atoms with Gasteiger partial charge in [-0.3, -0.25) is 0 Å². The molecule has 0 saturated heterocycles. The molecule has 0 aromatic carbocycles. The molecule has 0 aliphatic heterocycles. The molecule has 5 nitrogen and oxygen atoms in total. The van der Waals surface area contributed by atoms with Gasteiger partial charge in [-0.15, -0.1) is 0 Å². The SMILES string of the molecule is CC(C)CC1CCC(NC(C)C)CC1.CC(C)CCCCCCCNC(=O)OC[C@H](CC(C)C)C(C)C.CC(C)CCCCCCCNC(C)C. The summed E-state index contributed by atoms with van der Waals surface area (Å²) >= 11 is 0. The van der Waals surface area contributed by atoms with Crippen molar-refractivity contribution in [2.75, 3.05) is 19.7 Å². The molecule has 0 radical (unpaired) electrons. The van der Waals surface area contributed by atoms with Gasteiger partial charge in [0.1, 0.15) is 0 Å². The fourth-order valence-electron chi connectivity index (χ4n) is 7.07. The average molecular weight is 724 g/mol. The topological polar surface area (TPSA) is 62.4 Å². The first-order valence-electron chi connectivity index (χ1n) is 22.4. The van der Waals surface area contributed by atoms with Crippen LogP contribution in [-0.4, -0.2) is 43.9 Å². The van der Waals surface area contributed by atoms with E-state index >= 15 is 0 Å². The fraction of sp³-hybridized carbons (Fsp3) is 0.978. The molecule has 3 N–H and O–H groups in total. The van der Waals surface area contributed by atoms with Crippen LogP contribution in [0.25, 0.3) is 0 Å². The van der Waals surface area contributed by atoms with Crippen LogP contribution in [0.4, 0.5) is 4.79 Å². The Bertz CT molecular complexity index is 694. The molecule has 1 atom stereocenters. The summed E-state index contributed by atoms with van der Waals surface area (Å²) in [5, 5.41) is 9.99. The van der Waals surface area contributed by atoms with Gasteiger partial charge in [0.2, 0.25) is 0 Å². The van der Waals surface area contributed by atoms with Crippen LogP contribution >= 0.6 is 0 Å². The number of nitrogens with one attached hydrogen (secondary N) is 3. The lowest BCUT2D eigenvalue weighted by Gasteiger charge is -2.31. The summed E-state index contributed by atoms with van der Waals surface area (Å²) in [7, 11) is 0. The van der Waals surface area contributed by atoms with E-state index in [0.717, 1.165) is 49.1 Å². The van der Waals surface area contributed by atoms with Crippen molar-refractivity contribution in [1.29, 1.82) is 0 Å². The van der Waals surface area contributed by atoms with Gasteiger partial charge in [0.15, 0.2) is 0 Å². The molecule has 0 aromatic rings. The van der Waals surface area contributed by atoms with Gasteiger partial charge >= 0.3 is 6.09 Å². The first-order valence-corrected chi connectivity index (χ1v) is 22.4. The van der Waals surface area contributed by atoms with Crippen molar-refractivity contribution in [3.63, 3.8) is 0 Å². The maximum Gasteiger partial charge on any atom is 0.407 e. The van der Waals surface area contributed by atoms with Crippen molar-refractivity contribution in [1.82, 2.24) is 16.0 Å². The van der Waals surface area contributed by atoms with Gasteiger partial charge in [0, 0.05) is 24.7 Å². The Labute approximate surface area is 322 Å². The second kappa shape index (κ2) is 34.9. The Kier molecular flexibility index (Phi) is 35.8. The van der Waals surface area contributed by atoms with Crippen molar-refractivity contribution in [2.45, 2.75) is 231 Å². The third-order valence-corrected chi connectivity index (χ3v) is 10.1. The molecular formula is C46H97N3O2. The van der Waals surface area contributed by atoms with Crippen molar-refractivity contribution in [3.05, 3.63) is 0 Å². The van der Waals surface area contributed by atoms with E-state index in [0.29, 0.717) is 36.4 Å². The first kappa shape index (κ1) is 52.3. The highest BCUT2D eigenvalue weighted by molar-refractivity contribution is 5.67. The molecule has 0 heterocycles. The van der Waals surface area contributed by atoms with Gasteiger partial charge in [0.05, 0.1) is 6.61 Å². The zero-order valence-electron chi connectivity index (χ0n) is 37.4. The molecule has 0 aromatic heterocycles. The van der Waals surface area contributed by atoms with Crippen LogP contribution in [0.15, 0.2) is 0 Å². The molecule has 1 rings (SSSR count). The lowest BCUT2D eigenvalue weighted by atomic mass is 9.81. The predicted molar refractivity (Wildman–Crippen MR) is 229 cm³/mol. The third-order valence-electron chi connectivity index (χ3n) is 10.1. The number of hydrogen-bond acceptors (Lipinski definition) is 4. The van der Waals surface area contributed by atoms with E-state index in [2.05, 4.69) is 113 Å². The van der Waals surface area contributed by atoms with E-state index in [-0.39, 0.29) is 6.09 Å². The Morgan fingerprint density at radius 2 is 1.06 bits per heavy atom. The van der Waals surface area contributed by atoms with Crippen molar-refractivity contribution >= 4 is 6.09 Å². The lowest BCUT2D eigenvalue weighted by Crippen LogP contribution is -2.37. The highest BCUT2D eigenvalue weighted by atomic mass is 16.5. The monoisotopic (exact) mass is 724 g/mol. The number of unbranched alkanes of at least 4 members (excludes halogenated alkanes) is 8. The smallest absolute Gasteiger partial charge is 0.407 e. The van der Waals surface area contributed by atoms with E-state index in [1.807, 2.05) is 0 Å². The van der Waals surface area contributed by atoms with Gasteiger partial charge < -0.3 is 20.7 Å². The van der Waals surface area contributed by atoms with Gasteiger partial charge in [-0.25, -0.2) is 4.79 Å². The van der Waals surface area contributed by atoms with E-state index in [1.165, 1.54) is 109 Å². The Hall–Kier alpha value is -0.810. The molecule has 51 heavy (non-hydrogen) atoms. The minimum atomic E-state index is -0.251. The molecule has 0 spiro atoms. The number of rotatable bonds is 26. The molecule has 308 valence electrons. The Balaban J connectivity index is 0. The van der Waals surface area contributed by atoms with Gasteiger partial charge in [0.25, 0.3) is 0 Å². The van der Waals surface area contributed by atoms with Crippen molar-refractivity contribution in [2.24, 2.45) is 41.4 Å². The third kappa shape index (κ3) is 40.2. The number of amides is 1. The van der Waals surface area contributed by atoms with E-state index < -0.39 is 0 Å². The summed E-state index contributed by atoms with van der Waals surface area (Å²) in [6, 6.07) is 2.11. The number of ether oxygens (including phenoxy) is 1. The van der Waals surface area contributed by atoms with Crippen molar-refractivity contribution < 1.29 is 9.53 Å². The number of alkyl carbamates (subject to hydrolysis) is 1. The number of hydrogen-bond donors (Lipinski definition) is 3. The van der Waals surface area contributed by atoms with Gasteiger partial charge in [-0.1, -0.05) is 161 Å². The lowest BCUT2D eigenvalue weighted by molar-refractivity contribution is 0.107. The van der Waals surface area contributed by atoms with Crippen molar-refractivity contribution in [3.8, 4) is 0 Å². The van der Waals surface area contributed by atoms with Crippen LogP contribution in [0.3, 0.4) is 0 Å². The van der Waals surface area contributed by atoms with Crippen LogP contribution in [0.1, 0.15) is 213 Å². The van der Waals surface area contributed by atoms with E-state index in [9.17, 15) is 4.79 Å². The molecule has 5 heteroatoms. The molecule has 0 bridgehead atoms. The average Bonchev–Trinajstić information content (AvgIpc) is 3.02. The second-order valence-corrected chi connectivity index (χ2v) is 18.8. The molecule has 1 fully saturated rings. The molecular weight excluding hydrogens is 627 g/mol. The van der Waals surface area contributed by atoms with Crippen LogP contribution in [0.2, 0.25) is 0 Å². The predicted octanol–water partition coefficient (Wildman–Crippen LogP) is 13.6. The quantitative estimate of drug-likeness (QED) is 0.0778. The maximum absolute atomic E-state index is 11.7. The molecule has 1 amide bonds. The maximum atomic E-state index is 11.7. The summed E-state index contributed by atoms with van der Waals surface area (Å²) < 4.78 is 5.39. The summed E-state index contributed by atoms with van der Waals surface area (Å²) in [5.41, 5.74) is 0. The number of carbonyl (C=O) groups excluding carboxylic acids is 1. The summed E-state index contributed by atoms with van der Waals surface area (Å²) in [4.78, 5) is 11.7. The molecule has 1 aliphatic carbocycles. The highest BCUT2D eigenvalue weighted by Crippen LogP contribution is 2.29. The second-order valence-electron chi connectivity index (χ2n) is 18.8. The molecule has 1 aliphatic rings. The number of carbonyl (C=O) groups is 1. The summed E-state index contributed by atoms with van der Waals surface area (Å²) in [6.07, 6.45) is 23.9. The standard InChI is InChI=1S/C20H41NO2.C13H27N.C13H29N/c1-16(2)12-10-8-7-9-11-13-21-20(22)23-15-19(18(5)6)14-17(3)4;1-10(2)9-12-5-7-13(8-6-12)14-11(3)4;1-12(2)10-8-6-5-7-9-11-14-13(3)4/h16-19H,7-15H2,1-6H3,(H,21,22);10-14H,5-9H2,1-4H3;12-14H,5-11H2,1-4H3/t19-;;/m0../s1. The van der Waals surface area contributed by atoms with E-state index in [1.54, 1.807) is 0 Å². The van der Waals surface area contributed by atoms with E-state index in [4.69, 9.17) is 4.74 Å². The van der Waals surface area contributed by atoms with Crippen LogP contribution in [0, 0.1) is 41.4 Å². The zero-order valence-corrected chi connectivity index (χ0v) is 37.4. The normalized spacial score (nSPS) is 16.9.